The van der Waals surface area contributed by atoms with E-state index in [-0.39, 0.29) is 11.9 Å². The molecule has 18 heavy (non-hydrogen) atoms. The molecule has 0 aromatic heterocycles. The minimum atomic E-state index is -3.54. The Bertz CT molecular complexity index is 403. The maximum absolute atomic E-state index is 12.9. The molecule has 1 aliphatic carbocycles. The molecular formula is C12H16F2O4. The fraction of sp³-hybridized carbons (Fsp3) is 0.833. The summed E-state index contributed by atoms with van der Waals surface area (Å²) in [6, 6.07) is 0. The van der Waals surface area contributed by atoms with Gasteiger partial charge in [-0.25, -0.2) is 4.79 Å². The fourth-order valence-electron chi connectivity index (χ4n) is 2.61. The molecule has 0 radical (unpaired) electrons. The number of fused-ring (bicyclic) bond motifs is 2. The number of hydrogen-bond acceptors (Lipinski definition) is 4. The highest BCUT2D eigenvalue weighted by Crippen LogP contribution is 2.50. The highest BCUT2D eigenvalue weighted by atomic mass is 19.3. The Balaban J connectivity index is 2.21. The first-order chi connectivity index (χ1) is 8.07. The minimum Gasteiger partial charge on any atom is -0.455 e. The van der Waals surface area contributed by atoms with Crippen molar-refractivity contribution in [1.29, 1.82) is 0 Å². The van der Waals surface area contributed by atoms with Crippen molar-refractivity contribution in [1.82, 2.24) is 0 Å². The van der Waals surface area contributed by atoms with E-state index in [1.807, 2.05) is 0 Å². The Morgan fingerprint density at radius 3 is 2.67 bits per heavy atom. The molecule has 3 atom stereocenters. The first-order valence-electron chi connectivity index (χ1n) is 5.91. The predicted molar refractivity (Wildman–Crippen MR) is 57.0 cm³/mol. The van der Waals surface area contributed by atoms with E-state index in [2.05, 4.69) is 0 Å². The average molecular weight is 262 g/mol. The predicted octanol–water partition coefficient (Wildman–Crippen LogP) is 2.06. The second-order valence-corrected chi connectivity index (χ2v) is 5.60. The zero-order valence-electron chi connectivity index (χ0n) is 10.6. The Morgan fingerprint density at radius 1 is 1.50 bits per heavy atom. The molecule has 1 aliphatic heterocycles. The smallest absolute Gasteiger partial charge is 0.377 e. The number of alkyl halides is 2. The largest absolute Gasteiger partial charge is 0.455 e. The summed E-state index contributed by atoms with van der Waals surface area (Å²) in [7, 11) is 0. The van der Waals surface area contributed by atoms with Gasteiger partial charge in [0.25, 0.3) is 0 Å². The van der Waals surface area contributed by atoms with Gasteiger partial charge in [-0.2, -0.15) is 8.78 Å². The van der Waals surface area contributed by atoms with Crippen molar-refractivity contribution in [3.8, 4) is 0 Å². The molecule has 0 aromatic carbocycles. The Kier molecular flexibility index (Phi) is 2.68. The van der Waals surface area contributed by atoms with E-state index >= 15 is 0 Å². The Labute approximate surface area is 104 Å². The average Bonchev–Trinajstić information content (AvgIpc) is 2.46. The first kappa shape index (κ1) is 13.2. The third-order valence-corrected chi connectivity index (χ3v) is 4.06. The van der Waals surface area contributed by atoms with Crippen LogP contribution in [-0.4, -0.2) is 29.1 Å². The van der Waals surface area contributed by atoms with Crippen LogP contribution in [0.1, 0.15) is 40.0 Å². The number of esters is 2. The normalized spacial score (nSPS) is 39.4. The van der Waals surface area contributed by atoms with Crippen molar-refractivity contribution in [3.63, 3.8) is 0 Å². The fourth-order valence-corrected chi connectivity index (χ4v) is 2.61. The van der Waals surface area contributed by atoms with E-state index in [1.165, 1.54) is 0 Å². The van der Waals surface area contributed by atoms with Crippen molar-refractivity contribution in [2.75, 3.05) is 0 Å². The summed E-state index contributed by atoms with van der Waals surface area (Å²) >= 11 is 0. The molecule has 2 fully saturated rings. The lowest BCUT2D eigenvalue weighted by Gasteiger charge is -2.44. The van der Waals surface area contributed by atoms with Gasteiger partial charge in [0.15, 0.2) is 0 Å². The third-order valence-electron chi connectivity index (χ3n) is 4.06. The lowest BCUT2D eigenvalue weighted by atomic mass is 9.71. The molecule has 6 heteroatoms. The van der Waals surface area contributed by atoms with E-state index < -0.39 is 23.1 Å². The van der Waals surface area contributed by atoms with Crippen LogP contribution >= 0.6 is 0 Å². The number of carbonyl (C=O) groups is 2. The van der Waals surface area contributed by atoms with Gasteiger partial charge >= 0.3 is 17.9 Å². The summed E-state index contributed by atoms with van der Waals surface area (Å²) in [5.41, 5.74) is -2.19. The second-order valence-electron chi connectivity index (χ2n) is 5.60. The Hall–Kier alpha value is -1.20. The first-order valence-corrected chi connectivity index (χ1v) is 5.91. The molecule has 2 bridgehead atoms. The van der Waals surface area contributed by atoms with Crippen LogP contribution in [0.2, 0.25) is 0 Å². The second kappa shape index (κ2) is 3.65. The summed E-state index contributed by atoms with van der Waals surface area (Å²) < 4.78 is 36.0. The van der Waals surface area contributed by atoms with Crippen LogP contribution in [0.25, 0.3) is 0 Å². The van der Waals surface area contributed by atoms with Crippen LogP contribution in [-0.2, 0) is 19.1 Å². The van der Waals surface area contributed by atoms with Crippen molar-refractivity contribution < 1.29 is 27.8 Å². The van der Waals surface area contributed by atoms with Crippen LogP contribution < -0.4 is 0 Å². The lowest BCUT2D eigenvalue weighted by molar-refractivity contribution is -0.214. The molecule has 102 valence electrons. The number of halogens is 2. The molecule has 1 saturated heterocycles. The standard InChI is InChI=1S/C12H16F2O4/c1-10(18-9(16)12(3,13)14)5-4-7-6-11(10,2)17-8(7)15/h7H,4-6H2,1-3H3. The lowest BCUT2D eigenvalue weighted by Crippen LogP contribution is -2.55. The van der Waals surface area contributed by atoms with Gasteiger partial charge < -0.3 is 9.47 Å². The molecule has 0 N–H and O–H groups in total. The maximum Gasteiger partial charge on any atom is 0.377 e. The summed E-state index contributed by atoms with van der Waals surface area (Å²) in [5.74, 6) is -5.66. The van der Waals surface area contributed by atoms with Crippen molar-refractivity contribution in [2.24, 2.45) is 5.92 Å². The molecule has 1 heterocycles. The van der Waals surface area contributed by atoms with E-state index in [0.29, 0.717) is 26.2 Å². The summed E-state index contributed by atoms with van der Waals surface area (Å²) in [5, 5.41) is 0. The van der Waals surface area contributed by atoms with Crippen molar-refractivity contribution >= 4 is 11.9 Å². The molecule has 2 aliphatic rings. The molecule has 0 spiro atoms. The maximum atomic E-state index is 12.9. The zero-order valence-corrected chi connectivity index (χ0v) is 10.6. The molecular weight excluding hydrogens is 246 g/mol. The minimum absolute atomic E-state index is 0.205. The van der Waals surface area contributed by atoms with Crippen LogP contribution in [0.15, 0.2) is 0 Å². The van der Waals surface area contributed by atoms with Crippen LogP contribution in [0.5, 0.6) is 0 Å². The van der Waals surface area contributed by atoms with Crippen molar-refractivity contribution in [2.45, 2.75) is 57.2 Å². The number of hydrogen-bond donors (Lipinski definition) is 0. The van der Waals surface area contributed by atoms with Crippen LogP contribution in [0, 0.1) is 5.92 Å². The van der Waals surface area contributed by atoms with Crippen LogP contribution in [0.4, 0.5) is 8.78 Å². The van der Waals surface area contributed by atoms with Gasteiger partial charge in [-0.05, 0) is 26.7 Å². The van der Waals surface area contributed by atoms with Crippen molar-refractivity contribution in [3.05, 3.63) is 0 Å². The SMILES string of the molecule is CC(F)(F)C(=O)OC1(C)CCC2CC1(C)OC2=O. The molecule has 0 amide bonds. The molecule has 1 saturated carbocycles. The molecule has 2 rings (SSSR count). The zero-order chi connectivity index (χ0) is 13.8. The molecule has 4 nitrogen and oxygen atoms in total. The van der Waals surface area contributed by atoms with E-state index in [9.17, 15) is 18.4 Å². The van der Waals surface area contributed by atoms with Gasteiger partial charge in [0.1, 0.15) is 11.2 Å². The monoisotopic (exact) mass is 262 g/mol. The third kappa shape index (κ3) is 1.87. The van der Waals surface area contributed by atoms with Gasteiger partial charge in [-0.1, -0.05) is 0 Å². The summed E-state index contributed by atoms with van der Waals surface area (Å²) in [4.78, 5) is 22.8. The van der Waals surface area contributed by atoms with Gasteiger partial charge in [-0.15, -0.1) is 0 Å². The Morgan fingerprint density at radius 2 is 2.11 bits per heavy atom. The summed E-state index contributed by atoms with van der Waals surface area (Å²) in [6.07, 6.45) is 1.25. The van der Waals surface area contributed by atoms with E-state index in [0.717, 1.165) is 0 Å². The molecule has 0 aromatic rings. The van der Waals surface area contributed by atoms with E-state index in [4.69, 9.17) is 9.47 Å². The van der Waals surface area contributed by atoms with Gasteiger partial charge in [0.2, 0.25) is 0 Å². The number of ether oxygens (including phenoxy) is 2. The van der Waals surface area contributed by atoms with Crippen LogP contribution in [0.3, 0.4) is 0 Å². The number of rotatable bonds is 2. The topological polar surface area (TPSA) is 52.6 Å². The van der Waals surface area contributed by atoms with Gasteiger partial charge in [0, 0.05) is 13.3 Å². The van der Waals surface area contributed by atoms with Gasteiger partial charge in [0.05, 0.1) is 5.92 Å². The molecule has 3 unspecified atom stereocenters. The highest BCUT2D eigenvalue weighted by molar-refractivity contribution is 5.79. The highest BCUT2D eigenvalue weighted by Gasteiger charge is 2.61. The summed E-state index contributed by atoms with van der Waals surface area (Å²) in [6.45, 7) is 3.67. The quantitative estimate of drug-likeness (QED) is 0.715. The number of carbonyl (C=O) groups excluding carboxylic acids is 2. The van der Waals surface area contributed by atoms with Gasteiger partial charge in [-0.3, -0.25) is 4.79 Å². The van der Waals surface area contributed by atoms with E-state index in [1.54, 1.807) is 13.8 Å².